The van der Waals surface area contributed by atoms with Gasteiger partial charge in [-0.15, -0.1) is 0 Å². The Hall–Kier alpha value is -1.61. The van der Waals surface area contributed by atoms with Crippen LogP contribution in [-0.4, -0.2) is 42.2 Å². The molecule has 2 rings (SSSR count). The lowest BCUT2D eigenvalue weighted by molar-refractivity contribution is -0.139. The van der Waals surface area contributed by atoms with Crippen LogP contribution in [0.25, 0.3) is 0 Å². The van der Waals surface area contributed by atoms with Gasteiger partial charge in [0.05, 0.1) is 22.3 Å². The minimum Gasteiger partial charge on any atom is -0.399 e. The van der Waals surface area contributed by atoms with Crippen molar-refractivity contribution in [1.82, 2.24) is 4.90 Å². The number of hydrogen-bond acceptors (Lipinski definition) is 3. The molecule has 198 valence electrons. The van der Waals surface area contributed by atoms with Crippen molar-refractivity contribution in [2.45, 2.75) is 110 Å². The van der Waals surface area contributed by atoms with Crippen LogP contribution in [0.1, 0.15) is 109 Å². The lowest BCUT2D eigenvalue weighted by atomic mass is 9.77. The van der Waals surface area contributed by atoms with Gasteiger partial charge in [0.2, 0.25) is 0 Å². The molecule has 1 amide bonds. The molecule has 1 aromatic carbocycles. The predicted octanol–water partition coefficient (Wildman–Crippen LogP) is 6.75. The summed E-state index contributed by atoms with van der Waals surface area (Å²) < 4.78 is 68.4. The average molecular weight is 501 g/mol. The zero-order valence-corrected chi connectivity index (χ0v) is 22.0. The summed E-state index contributed by atoms with van der Waals surface area (Å²) in [4.78, 5) is 14.9. The second-order valence-corrected chi connectivity index (χ2v) is 10.4. The van der Waals surface area contributed by atoms with E-state index in [-0.39, 0.29) is 5.46 Å². The van der Waals surface area contributed by atoms with Gasteiger partial charge in [-0.2, -0.15) is 13.2 Å². The highest BCUT2D eigenvalue weighted by Gasteiger charge is 2.52. The van der Waals surface area contributed by atoms with Crippen molar-refractivity contribution < 1.29 is 31.7 Å². The van der Waals surface area contributed by atoms with Crippen molar-refractivity contribution in [2.24, 2.45) is 0 Å². The van der Waals surface area contributed by atoms with Gasteiger partial charge < -0.3 is 14.2 Å². The summed E-state index contributed by atoms with van der Waals surface area (Å²) >= 11 is 0. The Balaban J connectivity index is 2.43. The van der Waals surface area contributed by atoms with Crippen LogP contribution in [0.3, 0.4) is 0 Å². The summed E-state index contributed by atoms with van der Waals surface area (Å²) in [5, 5.41) is 0. The fourth-order valence-electron chi connectivity index (χ4n) is 4.07. The predicted molar refractivity (Wildman–Crippen MR) is 131 cm³/mol. The second-order valence-electron chi connectivity index (χ2n) is 10.4. The van der Waals surface area contributed by atoms with Crippen LogP contribution in [0, 0.1) is 5.82 Å². The molecule has 1 aliphatic rings. The molecule has 0 aromatic heterocycles. The second kappa shape index (κ2) is 12.1. The van der Waals surface area contributed by atoms with E-state index in [0.29, 0.717) is 19.2 Å². The fraction of sp³-hybridized carbons (Fsp3) is 0.731. The van der Waals surface area contributed by atoms with Gasteiger partial charge in [-0.3, -0.25) is 4.79 Å². The quantitative estimate of drug-likeness (QED) is 0.181. The van der Waals surface area contributed by atoms with Gasteiger partial charge in [-0.25, -0.2) is 4.39 Å². The summed E-state index contributed by atoms with van der Waals surface area (Å²) in [6, 6.07) is 1.86. The average Bonchev–Trinajstić information content (AvgIpc) is 2.98. The van der Waals surface area contributed by atoms with E-state index >= 15 is 4.39 Å². The summed E-state index contributed by atoms with van der Waals surface area (Å²) in [5.74, 6) is -2.27. The molecule has 0 radical (unpaired) electrons. The van der Waals surface area contributed by atoms with Gasteiger partial charge in [0.1, 0.15) is 5.82 Å². The number of benzene rings is 1. The van der Waals surface area contributed by atoms with E-state index < -0.39 is 47.3 Å². The van der Waals surface area contributed by atoms with Crippen molar-refractivity contribution in [3.05, 3.63) is 29.1 Å². The maximum Gasteiger partial charge on any atom is 0.494 e. The molecule has 0 spiro atoms. The molecule has 4 nitrogen and oxygen atoms in total. The van der Waals surface area contributed by atoms with Crippen LogP contribution in [0.2, 0.25) is 0 Å². The Labute approximate surface area is 207 Å². The smallest absolute Gasteiger partial charge is 0.399 e. The van der Waals surface area contributed by atoms with Crippen LogP contribution >= 0.6 is 0 Å². The van der Waals surface area contributed by atoms with Gasteiger partial charge >= 0.3 is 13.3 Å². The Kier molecular flexibility index (Phi) is 10.2. The molecule has 0 N–H and O–H groups in total. The van der Waals surface area contributed by atoms with Crippen molar-refractivity contribution in [2.75, 3.05) is 13.1 Å². The molecule has 1 heterocycles. The minimum atomic E-state index is -4.97. The molecular weight excluding hydrogens is 461 g/mol. The van der Waals surface area contributed by atoms with E-state index in [1.165, 1.54) is 11.0 Å². The van der Waals surface area contributed by atoms with Crippen LogP contribution in [-0.2, 0) is 15.5 Å². The molecule has 1 aliphatic heterocycles. The zero-order chi connectivity index (χ0) is 26.4. The number of rotatable bonds is 12. The van der Waals surface area contributed by atoms with E-state index in [9.17, 15) is 18.0 Å². The number of carbonyl (C=O) groups excluding carboxylic acids is 1. The van der Waals surface area contributed by atoms with Gasteiger partial charge in [0.15, 0.2) is 0 Å². The van der Waals surface area contributed by atoms with Crippen LogP contribution < -0.4 is 5.46 Å². The molecular formula is C26H40BF4NO3. The monoisotopic (exact) mass is 501 g/mol. The Morgan fingerprint density at radius 3 is 1.80 bits per heavy atom. The van der Waals surface area contributed by atoms with Crippen LogP contribution in [0.4, 0.5) is 17.6 Å². The maximum atomic E-state index is 15.2. The molecule has 1 fully saturated rings. The van der Waals surface area contributed by atoms with Gasteiger partial charge in [-0.05, 0) is 58.1 Å². The Morgan fingerprint density at radius 1 is 0.886 bits per heavy atom. The van der Waals surface area contributed by atoms with Crippen LogP contribution in [0.15, 0.2) is 12.1 Å². The first-order valence-corrected chi connectivity index (χ1v) is 12.8. The van der Waals surface area contributed by atoms with Gasteiger partial charge in [-0.1, -0.05) is 52.4 Å². The summed E-state index contributed by atoms with van der Waals surface area (Å²) in [6.07, 6.45) is 2.32. The number of nitrogens with zero attached hydrogens (tertiary/aromatic N) is 1. The topological polar surface area (TPSA) is 38.8 Å². The van der Waals surface area contributed by atoms with Crippen molar-refractivity contribution in [3.63, 3.8) is 0 Å². The molecule has 1 aromatic rings. The largest absolute Gasteiger partial charge is 0.494 e. The van der Waals surface area contributed by atoms with E-state index in [1.54, 1.807) is 27.7 Å². The van der Waals surface area contributed by atoms with Crippen molar-refractivity contribution in [1.29, 1.82) is 0 Å². The molecule has 1 saturated heterocycles. The summed E-state index contributed by atoms with van der Waals surface area (Å²) in [7, 11) is -1.14. The standard InChI is InChI=1S/C26H40BF4NO3/c1-7-9-11-13-15-32(16-14-12-10-8-2)23(33)20-17-19(18-21(22(20)28)26(29,30)31)27-34-24(3,4)25(5,6)35-27/h17-18H,7-16H2,1-6H3. The highest BCUT2D eigenvalue weighted by molar-refractivity contribution is 6.62. The third kappa shape index (κ3) is 7.45. The lowest BCUT2D eigenvalue weighted by Crippen LogP contribution is -2.41. The Bertz CT molecular complexity index is 830. The third-order valence-electron chi connectivity index (χ3n) is 7.01. The van der Waals surface area contributed by atoms with Crippen molar-refractivity contribution >= 4 is 18.5 Å². The normalized spacial score (nSPS) is 17.1. The molecule has 0 unspecified atom stereocenters. The van der Waals surface area contributed by atoms with E-state index in [0.717, 1.165) is 51.4 Å². The summed E-state index contributed by atoms with van der Waals surface area (Å²) in [5.41, 5.74) is -3.67. The summed E-state index contributed by atoms with van der Waals surface area (Å²) in [6.45, 7) is 12.0. The number of alkyl halides is 3. The maximum absolute atomic E-state index is 15.2. The van der Waals surface area contributed by atoms with E-state index in [1.807, 2.05) is 0 Å². The van der Waals surface area contributed by atoms with Gasteiger partial charge in [0.25, 0.3) is 5.91 Å². The fourth-order valence-corrected chi connectivity index (χ4v) is 4.07. The molecule has 0 aliphatic carbocycles. The molecule has 35 heavy (non-hydrogen) atoms. The first-order chi connectivity index (χ1) is 16.2. The van der Waals surface area contributed by atoms with Crippen LogP contribution in [0.5, 0.6) is 0 Å². The Morgan fingerprint density at radius 2 is 1.37 bits per heavy atom. The molecule has 0 atom stereocenters. The van der Waals surface area contributed by atoms with Crippen molar-refractivity contribution in [3.8, 4) is 0 Å². The molecule has 9 heteroatoms. The van der Waals surface area contributed by atoms with E-state index in [4.69, 9.17) is 9.31 Å². The highest BCUT2D eigenvalue weighted by atomic mass is 19.4. The number of unbranched alkanes of at least 4 members (excludes halogenated alkanes) is 6. The SMILES string of the molecule is CCCCCCN(CCCCCC)C(=O)c1cc(B2OC(C)(C)C(C)(C)O2)cc(C(F)(F)F)c1F. The lowest BCUT2D eigenvalue weighted by Gasteiger charge is -2.32. The number of hydrogen-bond donors (Lipinski definition) is 0. The molecule has 0 bridgehead atoms. The number of amides is 1. The van der Waals surface area contributed by atoms with E-state index in [2.05, 4.69) is 13.8 Å². The number of halogens is 4. The molecule has 0 saturated carbocycles. The minimum absolute atomic E-state index is 0.0161. The zero-order valence-electron chi connectivity index (χ0n) is 22.0. The number of carbonyl (C=O) groups is 1. The first-order valence-electron chi connectivity index (χ1n) is 12.8. The highest BCUT2D eigenvalue weighted by Crippen LogP contribution is 2.38. The first kappa shape index (κ1) is 29.6. The van der Waals surface area contributed by atoms with Gasteiger partial charge in [0, 0.05) is 13.1 Å². The third-order valence-corrected chi connectivity index (χ3v) is 7.01.